The molecular formula is C14H21BrN2O2. The van der Waals surface area contributed by atoms with Crippen LogP contribution in [0.1, 0.15) is 23.2 Å². The van der Waals surface area contributed by atoms with Crippen LogP contribution in [-0.4, -0.2) is 45.1 Å². The van der Waals surface area contributed by atoms with Crippen molar-refractivity contribution in [2.24, 2.45) is 0 Å². The van der Waals surface area contributed by atoms with Gasteiger partial charge in [-0.2, -0.15) is 0 Å². The Morgan fingerprint density at radius 1 is 1.37 bits per heavy atom. The largest absolute Gasteiger partial charge is 0.496 e. The predicted octanol–water partition coefficient (Wildman–Crippen LogP) is 2.53. The molecule has 0 aromatic heterocycles. The van der Waals surface area contributed by atoms with Crippen molar-refractivity contribution in [3.05, 3.63) is 28.2 Å². The molecule has 0 atom stereocenters. The quantitative estimate of drug-likeness (QED) is 0.782. The molecule has 0 fully saturated rings. The van der Waals surface area contributed by atoms with Gasteiger partial charge in [0.05, 0.1) is 12.7 Å². The summed E-state index contributed by atoms with van der Waals surface area (Å²) in [4.78, 5) is 14.2. The van der Waals surface area contributed by atoms with E-state index in [4.69, 9.17) is 4.74 Å². The zero-order valence-corrected chi connectivity index (χ0v) is 13.3. The number of carbonyl (C=O) groups excluding carboxylic acids is 1. The minimum absolute atomic E-state index is 0.0944. The molecule has 19 heavy (non-hydrogen) atoms. The van der Waals surface area contributed by atoms with Gasteiger partial charge in [0.25, 0.3) is 5.91 Å². The zero-order chi connectivity index (χ0) is 14.3. The van der Waals surface area contributed by atoms with Crippen molar-refractivity contribution in [1.82, 2.24) is 10.2 Å². The van der Waals surface area contributed by atoms with E-state index in [9.17, 15) is 4.79 Å². The molecule has 0 radical (unpaired) electrons. The second-order valence-electron chi connectivity index (χ2n) is 4.61. The van der Waals surface area contributed by atoms with Gasteiger partial charge < -0.3 is 15.0 Å². The number of hydrogen-bond acceptors (Lipinski definition) is 3. The number of nitrogens with one attached hydrogen (secondary N) is 1. The highest BCUT2D eigenvalue weighted by atomic mass is 79.9. The average Bonchev–Trinajstić information content (AvgIpc) is 2.37. The molecule has 1 rings (SSSR count). The first-order valence-electron chi connectivity index (χ1n) is 6.31. The molecule has 0 unspecified atom stereocenters. The van der Waals surface area contributed by atoms with E-state index < -0.39 is 0 Å². The number of unbranched alkanes of at least 4 members (excludes halogenated alkanes) is 1. The van der Waals surface area contributed by atoms with E-state index in [1.54, 1.807) is 19.2 Å². The van der Waals surface area contributed by atoms with E-state index in [0.717, 1.165) is 23.9 Å². The first kappa shape index (κ1) is 16.0. The molecule has 1 amide bonds. The molecule has 0 aliphatic carbocycles. The Morgan fingerprint density at radius 2 is 2.11 bits per heavy atom. The third-order valence-electron chi connectivity index (χ3n) is 2.72. The first-order chi connectivity index (χ1) is 9.04. The minimum Gasteiger partial charge on any atom is -0.496 e. The van der Waals surface area contributed by atoms with Crippen LogP contribution in [-0.2, 0) is 0 Å². The minimum atomic E-state index is -0.0944. The van der Waals surface area contributed by atoms with E-state index in [1.165, 1.54) is 0 Å². The van der Waals surface area contributed by atoms with Crippen LogP contribution >= 0.6 is 15.9 Å². The van der Waals surface area contributed by atoms with Crippen molar-refractivity contribution in [3.8, 4) is 5.75 Å². The fourth-order valence-electron chi connectivity index (χ4n) is 1.71. The molecular weight excluding hydrogens is 308 g/mol. The van der Waals surface area contributed by atoms with Gasteiger partial charge in [-0.1, -0.05) is 15.9 Å². The fourth-order valence-corrected chi connectivity index (χ4v) is 2.07. The molecule has 1 aromatic rings. The molecule has 1 aromatic carbocycles. The third-order valence-corrected chi connectivity index (χ3v) is 3.22. The highest BCUT2D eigenvalue weighted by molar-refractivity contribution is 9.10. The van der Waals surface area contributed by atoms with Crippen LogP contribution in [0.15, 0.2) is 22.7 Å². The number of carbonyl (C=O) groups is 1. The van der Waals surface area contributed by atoms with Crippen LogP contribution < -0.4 is 10.1 Å². The van der Waals surface area contributed by atoms with Gasteiger partial charge in [0, 0.05) is 11.0 Å². The number of amides is 1. The summed E-state index contributed by atoms with van der Waals surface area (Å²) in [6.45, 7) is 1.72. The number of hydrogen-bond donors (Lipinski definition) is 1. The SMILES string of the molecule is COc1ccc(Br)cc1C(=O)NCCCCN(C)C. The Balaban J connectivity index is 2.47. The Bertz CT molecular complexity index is 422. The molecule has 0 aliphatic heterocycles. The number of halogens is 1. The molecule has 0 bridgehead atoms. The molecule has 1 N–H and O–H groups in total. The summed E-state index contributed by atoms with van der Waals surface area (Å²) in [5.41, 5.74) is 0.560. The van der Waals surface area contributed by atoms with Crippen molar-refractivity contribution in [2.75, 3.05) is 34.3 Å². The summed E-state index contributed by atoms with van der Waals surface area (Å²) in [5, 5.41) is 2.92. The lowest BCUT2D eigenvalue weighted by atomic mass is 10.2. The van der Waals surface area contributed by atoms with Crippen LogP contribution in [0.3, 0.4) is 0 Å². The van der Waals surface area contributed by atoms with Gasteiger partial charge in [0.15, 0.2) is 0 Å². The molecule has 5 heteroatoms. The molecule has 0 aliphatic rings. The Hall–Kier alpha value is -1.07. The average molecular weight is 329 g/mol. The number of rotatable bonds is 7. The van der Waals surface area contributed by atoms with Gasteiger partial charge >= 0.3 is 0 Å². The summed E-state index contributed by atoms with van der Waals surface area (Å²) in [6, 6.07) is 5.41. The lowest BCUT2D eigenvalue weighted by Crippen LogP contribution is -2.25. The molecule has 106 valence electrons. The molecule has 0 spiro atoms. The summed E-state index contributed by atoms with van der Waals surface area (Å²) in [6.07, 6.45) is 2.04. The molecule has 0 saturated carbocycles. The van der Waals surface area contributed by atoms with Crippen molar-refractivity contribution in [2.45, 2.75) is 12.8 Å². The van der Waals surface area contributed by atoms with Crippen molar-refractivity contribution in [1.29, 1.82) is 0 Å². The molecule has 4 nitrogen and oxygen atoms in total. The zero-order valence-electron chi connectivity index (χ0n) is 11.7. The number of ether oxygens (including phenoxy) is 1. The fraction of sp³-hybridized carbons (Fsp3) is 0.500. The lowest BCUT2D eigenvalue weighted by Gasteiger charge is -2.11. The van der Waals surface area contributed by atoms with Crippen LogP contribution in [0.4, 0.5) is 0 Å². The van der Waals surface area contributed by atoms with E-state index in [1.807, 2.05) is 20.2 Å². The first-order valence-corrected chi connectivity index (χ1v) is 7.10. The predicted molar refractivity (Wildman–Crippen MR) is 80.8 cm³/mol. The van der Waals surface area contributed by atoms with Gasteiger partial charge in [-0.15, -0.1) is 0 Å². The van der Waals surface area contributed by atoms with Crippen LogP contribution in [0.2, 0.25) is 0 Å². The smallest absolute Gasteiger partial charge is 0.255 e. The normalized spacial score (nSPS) is 10.6. The number of nitrogens with zero attached hydrogens (tertiary/aromatic N) is 1. The van der Waals surface area contributed by atoms with Crippen molar-refractivity contribution >= 4 is 21.8 Å². The maximum Gasteiger partial charge on any atom is 0.255 e. The van der Waals surface area contributed by atoms with Crippen molar-refractivity contribution in [3.63, 3.8) is 0 Å². The van der Waals surface area contributed by atoms with E-state index in [0.29, 0.717) is 17.9 Å². The number of methoxy groups -OCH3 is 1. The Morgan fingerprint density at radius 3 is 2.74 bits per heavy atom. The highest BCUT2D eigenvalue weighted by Gasteiger charge is 2.11. The van der Waals surface area contributed by atoms with Gasteiger partial charge in [-0.3, -0.25) is 4.79 Å². The van der Waals surface area contributed by atoms with Crippen LogP contribution in [0, 0.1) is 0 Å². The maximum atomic E-state index is 12.1. The highest BCUT2D eigenvalue weighted by Crippen LogP contribution is 2.22. The van der Waals surface area contributed by atoms with Gasteiger partial charge in [0.2, 0.25) is 0 Å². The van der Waals surface area contributed by atoms with Crippen LogP contribution in [0.25, 0.3) is 0 Å². The maximum absolute atomic E-state index is 12.1. The van der Waals surface area contributed by atoms with Gasteiger partial charge in [-0.25, -0.2) is 0 Å². The molecule has 0 heterocycles. The third kappa shape index (κ3) is 5.61. The second-order valence-corrected chi connectivity index (χ2v) is 5.53. The Kier molecular flexibility index (Phi) is 6.87. The number of benzene rings is 1. The second kappa shape index (κ2) is 8.17. The molecule has 0 saturated heterocycles. The lowest BCUT2D eigenvalue weighted by molar-refractivity contribution is 0.0949. The standard InChI is InChI=1S/C14H21BrN2O2/c1-17(2)9-5-4-8-16-14(18)12-10-11(15)6-7-13(12)19-3/h6-7,10H,4-5,8-9H2,1-3H3,(H,16,18). The van der Waals surface area contributed by atoms with Gasteiger partial charge in [-0.05, 0) is 51.7 Å². The summed E-state index contributed by atoms with van der Waals surface area (Å²) < 4.78 is 6.06. The summed E-state index contributed by atoms with van der Waals surface area (Å²) in [7, 11) is 5.66. The van der Waals surface area contributed by atoms with Gasteiger partial charge in [0.1, 0.15) is 5.75 Å². The summed E-state index contributed by atoms with van der Waals surface area (Å²) in [5.74, 6) is 0.497. The van der Waals surface area contributed by atoms with E-state index in [-0.39, 0.29) is 5.91 Å². The topological polar surface area (TPSA) is 41.6 Å². The monoisotopic (exact) mass is 328 g/mol. The Labute approximate surface area is 123 Å². The van der Waals surface area contributed by atoms with Crippen LogP contribution in [0.5, 0.6) is 5.75 Å². The van der Waals surface area contributed by atoms with E-state index >= 15 is 0 Å². The van der Waals surface area contributed by atoms with Crippen molar-refractivity contribution < 1.29 is 9.53 Å². The van der Waals surface area contributed by atoms with E-state index in [2.05, 4.69) is 26.1 Å². The summed E-state index contributed by atoms with van der Waals surface area (Å²) >= 11 is 3.36.